The fraction of sp³-hybridized carbons (Fsp3) is 0.478. The van der Waals surface area contributed by atoms with Crippen molar-refractivity contribution in [3.8, 4) is 0 Å². The minimum absolute atomic E-state index is 0.246. The number of aromatic nitrogens is 4. The maximum Gasteiger partial charge on any atom is 0.233 e. The van der Waals surface area contributed by atoms with Gasteiger partial charge in [-0.1, -0.05) is 30.3 Å². The Morgan fingerprint density at radius 3 is 2.50 bits per heavy atom. The number of ether oxygens (including phenoxy) is 1. The van der Waals surface area contributed by atoms with Crippen LogP contribution >= 0.6 is 0 Å². The SMILES string of the molecule is Cc1ccc2nnc(C3CCN(C(=O)C4(c5ccccc5)CCOCC4)CC3)n2n1. The molecule has 0 bridgehead atoms. The number of carbonyl (C=O) groups is 1. The molecule has 1 aromatic carbocycles. The molecule has 0 spiro atoms. The molecule has 2 aliphatic rings. The number of likely N-dealkylation sites (tertiary alicyclic amines) is 1. The minimum atomic E-state index is -0.466. The van der Waals surface area contributed by atoms with E-state index in [9.17, 15) is 4.79 Å². The largest absolute Gasteiger partial charge is 0.381 e. The molecule has 0 unspecified atom stereocenters. The second kappa shape index (κ2) is 7.80. The number of aryl methyl sites for hydroxylation is 1. The van der Waals surface area contributed by atoms with E-state index in [4.69, 9.17) is 4.74 Å². The van der Waals surface area contributed by atoms with Crippen molar-refractivity contribution in [2.75, 3.05) is 26.3 Å². The van der Waals surface area contributed by atoms with E-state index in [0.717, 1.165) is 61.5 Å². The van der Waals surface area contributed by atoms with Crippen LogP contribution in [-0.2, 0) is 14.9 Å². The van der Waals surface area contributed by atoms with Crippen molar-refractivity contribution in [3.63, 3.8) is 0 Å². The zero-order valence-electron chi connectivity index (χ0n) is 17.3. The lowest BCUT2D eigenvalue weighted by atomic mass is 9.72. The van der Waals surface area contributed by atoms with E-state index in [2.05, 4.69) is 32.3 Å². The topological polar surface area (TPSA) is 72.6 Å². The molecule has 7 nitrogen and oxygen atoms in total. The van der Waals surface area contributed by atoms with Crippen LogP contribution in [0.1, 0.15) is 48.7 Å². The first kappa shape index (κ1) is 19.2. The van der Waals surface area contributed by atoms with Gasteiger partial charge in [-0.15, -0.1) is 10.2 Å². The molecule has 2 fully saturated rings. The Labute approximate surface area is 176 Å². The number of hydrogen-bond donors (Lipinski definition) is 0. The van der Waals surface area contributed by atoms with Gasteiger partial charge in [0.25, 0.3) is 0 Å². The smallest absolute Gasteiger partial charge is 0.233 e. The maximum absolute atomic E-state index is 13.8. The molecule has 3 aromatic rings. The zero-order valence-corrected chi connectivity index (χ0v) is 17.3. The molecule has 0 aliphatic carbocycles. The molecule has 2 aromatic heterocycles. The van der Waals surface area contributed by atoms with Gasteiger partial charge in [0.05, 0.1) is 11.1 Å². The van der Waals surface area contributed by atoms with E-state index in [1.807, 2.05) is 41.8 Å². The van der Waals surface area contributed by atoms with E-state index >= 15 is 0 Å². The van der Waals surface area contributed by atoms with Gasteiger partial charge in [0, 0.05) is 32.2 Å². The van der Waals surface area contributed by atoms with Crippen molar-refractivity contribution in [3.05, 3.63) is 59.5 Å². The summed E-state index contributed by atoms with van der Waals surface area (Å²) in [6.07, 6.45) is 3.24. The Hall–Kier alpha value is -2.80. The zero-order chi connectivity index (χ0) is 20.6. The number of hydrogen-bond acceptors (Lipinski definition) is 5. The highest BCUT2D eigenvalue weighted by Crippen LogP contribution is 2.38. The number of fused-ring (bicyclic) bond motifs is 1. The van der Waals surface area contributed by atoms with Crippen LogP contribution in [0.15, 0.2) is 42.5 Å². The van der Waals surface area contributed by atoms with Crippen molar-refractivity contribution < 1.29 is 9.53 Å². The average molecular weight is 406 g/mol. The van der Waals surface area contributed by atoms with Crippen molar-refractivity contribution >= 4 is 11.6 Å². The Balaban J connectivity index is 1.35. The molecule has 0 saturated carbocycles. The summed E-state index contributed by atoms with van der Waals surface area (Å²) in [4.78, 5) is 15.8. The van der Waals surface area contributed by atoms with Gasteiger partial charge in [0.1, 0.15) is 0 Å². The highest BCUT2D eigenvalue weighted by molar-refractivity contribution is 5.88. The van der Waals surface area contributed by atoms with E-state index in [1.54, 1.807) is 0 Å². The Bertz CT molecular complexity index is 1030. The first-order valence-corrected chi connectivity index (χ1v) is 10.8. The monoisotopic (exact) mass is 405 g/mol. The lowest BCUT2D eigenvalue weighted by Gasteiger charge is -2.42. The van der Waals surface area contributed by atoms with Gasteiger partial charge in [0.2, 0.25) is 5.91 Å². The summed E-state index contributed by atoms with van der Waals surface area (Å²) in [5.41, 5.74) is 2.37. The fourth-order valence-electron chi connectivity index (χ4n) is 4.90. The van der Waals surface area contributed by atoms with Gasteiger partial charge < -0.3 is 9.64 Å². The lowest BCUT2D eigenvalue weighted by molar-refractivity contribution is -0.142. The van der Waals surface area contributed by atoms with Gasteiger partial charge in [-0.3, -0.25) is 4.79 Å². The average Bonchev–Trinajstić information content (AvgIpc) is 3.23. The highest BCUT2D eigenvalue weighted by atomic mass is 16.5. The molecule has 5 rings (SSSR count). The predicted octanol–water partition coefficient (Wildman–Crippen LogP) is 2.89. The molecule has 0 N–H and O–H groups in total. The number of piperidine rings is 1. The van der Waals surface area contributed by atoms with Crippen molar-refractivity contribution in [1.82, 2.24) is 24.7 Å². The molecular formula is C23H27N5O2. The fourth-order valence-corrected chi connectivity index (χ4v) is 4.90. The van der Waals surface area contributed by atoms with Crippen molar-refractivity contribution in [2.24, 2.45) is 0 Å². The third-order valence-electron chi connectivity index (χ3n) is 6.65. The molecule has 2 saturated heterocycles. The van der Waals surface area contributed by atoms with Crippen LogP contribution in [0.25, 0.3) is 5.65 Å². The summed E-state index contributed by atoms with van der Waals surface area (Å²) < 4.78 is 7.47. The molecule has 0 radical (unpaired) electrons. The molecular weight excluding hydrogens is 378 g/mol. The molecule has 1 amide bonds. The van der Waals surface area contributed by atoms with Crippen LogP contribution in [0.2, 0.25) is 0 Å². The van der Waals surface area contributed by atoms with Gasteiger partial charge in [-0.25, -0.2) is 0 Å². The van der Waals surface area contributed by atoms with Crippen LogP contribution in [0.3, 0.4) is 0 Å². The molecule has 156 valence electrons. The Morgan fingerprint density at radius 2 is 1.77 bits per heavy atom. The molecule has 2 aliphatic heterocycles. The van der Waals surface area contributed by atoms with E-state index < -0.39 is 5.41 Å². The van der Waals surface area contributed by atoms with Crippen LogP contribution in [0.5, 0.6) is 0 Å². The molecule has 4 heterocycles. The Morgan fingerprint density at radius 1 is 1.03 bits per heavy atom. The number of amides is 1. The lowest BCUT2D eigenvalue weighted by Crippen LogP contribution is -2.52. The summed E-state index contributed by atoms with van der Waals surface area (Å²) in [5.74, 6) is 1.42. The third kappa shape index (κ3) is 3.27. The molecule has 0 atom stereocenters. The second-order valence-corrected chi connectivity index (χ2v) is 8.43. The van der Waals surface area contributed by atoms with Gasteiger partial charge in [-0.2, -0.15) is 9.61 Å². The summed E-state index contributed by atoms with van der Waals surface area (Å²) in [7, 11) is 0. The van der Waals surface area contributed by atoms with Crippen LogP contribution in [0, 0.1) is 6.92 Å². The first-order chi connectivity index (χ1) is 14.7. The Kier molecular flexibility index (Phi) is 4.98. The number of rotatable bonds is 3. The normalized spacial score (nSPS) is 19.8. The minimum Gasteiger partial charge on any atom is -0.381 e. The van der Waals surface area contributed by atoms with Crippen LogP contribution in [-0.4, -0.2) is 56.9 Å². The maximum atomic E-state index is 13.8. The quantitative estimate of drug-likeness (QED) is 0.670. The van der Waals surface area contributed by atoms with E-state index in [0.29, 0.717) is 13.2 Å². The van der Waals surface area contributed by atoms with Crippen LogP contribution < -0.4 is 0 Å². The van der Waals surface area contributed by atoms with E-state index in [-0.39, 0.29) is 11.8 Å². The van der Waals surface area contributed by atoms with Crippen LogP contribution in [0.4, 0.5) is 0 Å². The summed E-state index contributed by atoms with van der Waals surface area (Å²) in [5, 5.41) is 13.3. The summed E-state index contributed by atoms with van der Waals surface area (Å²) >= 11 is 0. The summed E-state index contributed by atoms with van der Waals surface area (Å²) in [6.45, 7) is 4.71. The predicted molar refractivity (Wildman–Crippen MR) is 112 cm³/mol. The first-order valence-electron chi connectivity index (χ1n) is 10.8. The number of nitrogens with zero attached hydrogens (tertiary/aromatic N) is 5. The molecule has 7 heteroatoms. The number of carbonyl (C=O) groups excluding carboxylic acids is 1. The van der Waals surface area contributed by atoms with E-state index in [1.165, 1.54) is 0 Å². The van der Waals surface area contributed by atoms with Gasteiger partial charge >= 0.3 is 0 Å². The molecule has 30 heavy (non-hydrogen) atoms. The number of benzene rings is 1. The standard InChI is InChI=1S/C23H27N5O2/c1-17-7-8-20-24-25-21(28(20)26-17)18-9-13-27(14-10-18)22(29)23(11-15-30-16-12-23)19-5-3-2-4-6-19/h2-8,18H,9-16H2,1H3. The van der Waals surface area contributed by atoms with Crippen molar-refractivity contribution in [2.45, 2.75) is 43.9 Å². The second-order valence-electron chi connectivity index (χ2n) is 8.43. The third-order valence-corrected chi connectivity index (χ3v) is 6.65. The van der Waals surface area contributed by atoms with Gasteiger partial charge in [0.15, 0.2) is 11.5 Å². The van der Waals surface area contributed by atoms with Crippen molar-refractivity contribution in [1.29, 1.82) is 0 Å². The summed E-state index contributed by atoms with van der Waals surface area (Å²) in [6, 6.07) is 14.1. The van der Waals surface area contributed by atoms with Gasteiger partial charge in [-0.05, 0) is 50.3 Å². The highest BCUT2D eigenvalue weighted by Gasteiger charge is 2.44.